The first-order valence-electron chi connectivity index (χ1n) is 7.42. The van der Waals surface area contributed by atoms with Gasteiger partial charge in [0, 0.05) is 12.8 Å². The number of hydrogen-bond donors (Lipinski definition) is 0. The molecule has 2 fully saturated rings. The maximum Gasteiger partial charge on any atom is 0.169 e. The van der Waals surface area contributed by atoms with Crippen molar-refractivity contribution in [3.8, 4) is 0 Å². The van der Waals surface area contributed by atoms with Gasteiger partial charge in [-0.25, -0.2) is 4.39 Å². The van der Waals surface area contributed by atoms with E-state index >= 15 is 4.39 Å². The molecule has 1 saturated heterocycles. The van der Waals surface area contributed by atoms with Crippen molar-refractivity contribution in [3.05, 3.63) is 41.2 Å². The normalized spacial score (nSPS) is 31.3. The Labute approximate surface area is 118 Å². The fraction of sp³-hybridized carbons (Fsp3) is 0.529. The highest BCUT2D eigenvalue weighted by molar-refractivity contribution is 5.77. The second-order valence-electron chi connectivity index (χ2n) is 6.20. The van der Waals surface area contributed by atoms with E-state index in [-0.39, 0.29) is 5.83 Å². The summed E-state index contributed by atoms with van der Waals surface area (Å²) in [6, 6.07) is 8.08. The third-order valence-corrected chi connectivity index (χ3v) is 5.14. The zero-order chi connectivity index (χ0) is 13.8. The van der Waals surface area contributed by atoms with E-state index in [1.54, 1.807) is 0 Å². The fourth-order valence-corrected chi connectivity index (χ4v) is 4.28. The van der Waals surface area contributed by atoms with Gasteiger partial charge in [-0.1, -0.05) is 24.3 Å². The highest BCUT2D eigenvalue weighted by Crippen LogP contribution is 2.57. The van der Waals surface area contributed by atoms with Gasteiger partial charge in [0.15, 0.2) is 5.79 Å². The summed E-state index contributed by atoms with van der Waals surface area (Å²) in [6.45, 7) is 3.14. The van der Waals surface area contributed by atoms with Crippen LogP contribution in [-0.2, 0) is 14.9 Å². The van der Waals surface area contributed by atoms with Crippen molar-refractivity contribution in [1.29, 1.82) is 0 Å². The van der Waals surface area contributed by atoms with Crippen molar-refractivity contribution < 1.29 is 13.9 Å². The van der Waals surface area contributed by atoms with Crippen LogP contribution in [-0.4, -0.2) is 19.0 Å². The summed E-state index contributed by atoms with van der Waals surface area (Å²) in [7, 11) is 0. The second-order valence-corrected chi connectivity index (χ2v) is 6.20. The first-order valence-corrected chi connectivity index (χ1v) is 7.42. The van der Waals surface area contributed by atoms with Crippen LogP contribution < -0.4 is 0 Å². The zero-order valence-electron chi connectivity index (χ0n) is 11.7. The second kappa shape index (κ2) is 4.15. The molecule has 1 aliphatic heterocycles. The minimum absolute atomic E-state index is 0.0249. The average Bonchev–Trinajstić information content (AvgIpc) is 2.99. The lowest BCUT2D eigenvalue weighted by Crippen LogP contribution is -2.44. The molecule has 0 unspecified atom stereocenters. The standard InChI is InChI=1S/C17H19FO2/c1-12-13-5-2-3-6-14(13)16(15(12)18)7-4-8-17(11-16)19-9-10-20-17/h2-3,5-6H,4,7-11H2,1H3/t16-/m0/s1. The summed E-state index contributed by atoms with van der Waals surface area (Å²) in [5.74, 6) is -0.537. The molecule has 0 N–H and O–H groups in total. The number of hydrogen-bond acceptors (Lipinski definition) is 2. The van der Waals surface area contributed by atoms with Gasteiger partial charge in [0.1, 0.15) is 5.83 Å². The van der Waals surface area contributed by atoms with E-state index in [0.717, 1.165) is 36.0 Å². The van der Waals surface area contributed by atoms with Crippen molar-refractivity contribution in [2.75, 3.05) is 13.2 Å². The largest absolute Gasteiger partial charge is 0.347 e. The van der Waals surface area contributed by atoms with Crippen molar-refractivity contribution >= 4 is 5.57 Å². The summed E-state index contributed by atoms with van der Waals surface area (Å²) in [5, 5.41) is 0. The van der Waals surface area contributed by atoms with E-state index in [4.69, 9.17) is 9.47 Å². The molecule has 1 atom stereocenters. The monoisotopic (exact) mass is 274 g/mol. The van der Waals surface area contributed by atoms with Gasteiger partial charge in [0.25, 0.3) is 0 Å². The van der Waals surface area contributed by atoms with Crippen molar-refractivity contribution in [1.82, 2.24) is 0 Å². The minimum atomic E-state index is -0.562. The molecule has 3 aliphatic rings. The molecule has 0 bridgehead atoms. The maximum atomic E-state index is 15.1. The Morgan fingerprint density at radius 3 is 2.65 bits per heavy atom. The molecule has 2 aliphatic carbocycles. The SMILES string of the molecule is CC1=C(F)[C@]2(CCCC3(C2)OCCO3)c2ccccc21. The van der Waals surface area contributed by atoms with Crippen LogP contribution in [0.25, 0.3) is 5.57 Å². The molecule has 0 amide bonds. The van der Waals surface area contributed by atoms with Crippen LogP contribution >= 0.6 is 0 Å². The fourth-order valence-electron chi connectivity index (χ4n) is 4.28. The Morgan fingerprint density at radius 1 is 1.10 bits per heavy atom. The molecule has 2 nitrogen and oxygen atoms in total. The first-order chi connectivity index (χ1) is 9.67. The van der Waals surface area contributed by atoms with Gasteiger partial charge in [0.05, 0.1) is 18.6 Å². The summed E-state index contributed by atoms with van der Waals surface area (Å²) < 4.78 is 26.8. The number of rotatable bonds is 0. The molecule has 1 heterocycles. The molecule has 3 heteroatoms. The molecule has 4 rings (SSSR count). The van der Waals surface area contributed by atoms with Gasteiger partial charge in [0.2, 0.25) is 0 Å². The lowest BCUT2D eigenvalue weighted by molar-refractivity contribution is -0.189. The number of halogens is 1. The van der Waals surface area contributed by atoms with Crippen LogP contribution in [0.1, 0.15) is 43.7 Å². The van der Waals surface area contributed by atoms with Crippen LogP contribution in [0.3, 0.4) is 0 Å². The Hall–Kier alpha value is -1.19. The van der Waals surface area contributed by atoms with E-state index in [2.05, 4.69) is 6.07 Å². The molecule has 106 valence electrons. The van der Waals surface area contributed by atoms with Crippen LogP contribution in [0.4, 0.5) is 4.39 Å². The predicted molar refractivity (Wildman–Crippen MR) is 74.9 cm³/mol. The van der Waals surface area contributed by atoms with Crippen LogP contribution in [0, 0.1) is 0 Å². The van der Waals surface area contributed by atoms with Crippen molar-refractivity contribution in [2.24, 2.45) is 0 Å². The Bertz CT molecular complexity index is 586. The lowest BCUT2D eigenvalue weighted by atomic mass is 9.68. The smallest absolute Gasteiger partial charge is 0.169 e. The first kappa shape index (κ1) is 12.5. The van der Waals surface area contributed by atoms with Gasteiger partial charge in [-0.05, 0) is 36.5 Å². The van der Waals surface area contributed by atoms with Gasteiger partial charge in [-0.3, -0.25) is 0 Å². The Balaban J connectivity index is 1.84. The number of ether oxygens (including phenoxy) is 2. The zero-order valence-corrected chi connectivity index (χ0v) is 11.7. The van der Waals surface area contributed by atoms with Crippen LogP contribution in [0.2, 0.25) is 0 Å². The van der Waals surface area contributed by atoms with E-state index in [0.29, 0.717) is 19.6 Å². The average molecular weight is 274 g/mol. The molecular weight excluding hydrogens is 255 g/mol. The minimum Gasteiger partial charge on any atom is -0.347 e. The Kier molecular flexibility index (Phi) is 2.60. The quantitative estimate of drug-likeness (QED) is 0.713. The molecule has 0 aromatic heterocycles. The number of fused-ring (bicyclic) bond motifs is 2. The van der Waals surface area contributed by atoms with Crippen molar-refractivity contribution in [2.45, 2.75) is 43.8 Å². The summed E-state index contributed by atoms with van der Waals surface area (Å²) in [4.78, 5) is 0. The molecular formula is C17H19FO2. The number of benzene rings is 1. The Morgan fingerprint density at radius 2 is 1.85 bits per heavy atom. The molecule has 1 aromatic rings. The van der Waals surface area contributed by atoms with E-state index in [1.807, 2.05) is 25.1 Å². The van der Waals surface area contributed by atoms with Gasteiger partial charge in [-0.15, -0.1) is 0 Å². The van der Waals surface area contributed by atoms with Crippen LogP contribution in [0.15, 0.2) is 30.1 Å². The third kappa shape index (κ3) is 1.51. The highest BCUT2D eigenvalue weighted by Gasteiger charge is 2.54. The predicted octanol–water partition coefficient (Wildman–Crippen LogP) is 3.96. The van der Waals surface area contributed by atoms with Crippen LogP contribution in [0.5, 0.6) is 0 Å². The van der Waals surface area contributed by atoms with Crippen molar-refractivity contribution in [3.63, 3.8) is 0 Å². The molecule has 0 radical (unpaired) electrons. The number of allylic oxidation sites excluding steroid dienone is 2. The van der Waals surface area contributed by atoms with Gasteiger partial charge >= 0.3 is 0 Å². The summed E-state index contributed by atoms with van der Waals surface area (Å²) in [5.41, 5.74) is 2.44. The van der Waals surface area contributed by atoms with Gasteiger partial charge < -0.3 is 9.47 Å². The molecule has 20 heavy (non-hydrogen) atoms. The van der Waals surface area contributed by atoms with E-state index < -0.39 is 11.2 Å². The van der Waals surface area contributed by atoms with Gasteiger partial charge in [-0.2, -0.15) is 0 Å². The topological polar surface area (TPSA) is 18.5 Å². The molecule has 1 saturated carbocycles. The van der Waals surface area contributed by atoms with E-state index in [1.165, 1.54) is 0 Å². The molecule has 1 aromatic carbocycles. The lowest BCUT2D eigenvalue weighted by Gasteiger charge is -2.43. The highest BCUT2D eigenvalue weighted by atomic mass is 19.1. The maximum absolute atomic E-state index is 15.1. The summed E-state index contributed by atoms with van der Waals surface area (Å²) >= 11 is 0. The third-order valence-electron chi connectivity index (χ3n) is 5.14. The summed E-state index contributed by atoms with van der Waals surface area (Å²) in [6.07, 6.45) is 3.28. The van der Waals surface area contributed by atoms with E-state index in [9.17, 15) is 0 Å². The molecule has 2 spiro atoms.